The number of allylic oxidation sites excluding steroid dienone is 16. The van der Waals surface area contributed by atoms with Gasteiger partial charge in [-0.2, -0.15) is 0 Å². The Hall–Kier alpha value is -2.04. The van der Waals surface area contributed by atoms with Crippen molar-refractivity contribution in [2.75, 3.05) is 0 Å². The van der Waals surface area contributed by atoms with E-state index in [-0.39, 0.29) is 24.8 Å². The molecule has 0 saturated carbocycles. The van der Waals surface area contributed by atoms with Gasteiger partial charge >= 0.3 is 279 Å². The van der Waals surface area contributed by atoms with Gasteiger partial charge in [0.2, 0.25) is 0 Å². The minimum absolute atomic E-state index is 0. The summed E-state index contributed by atoms with van der Waals surface area (Å²) in [6.45, 7) is 10.2. The Balaban J connectivity index is 0.00000186. The predicted octanol–water partition coefficient (Wildman–Crippen LogP) is 6.20. The molecule has 46 heavy (non-hydrogen) atoms. The van der Waals surface area contributed by atoms with Crippen LogP contribution in [0.2, 0.25) is 20.3 Å². The van der Waals surface area contributed by atoms with Crippen LogP contribution in [0.4, 0.5) is 0 Å². The van der Waals surface area contributed by atoms with E-state index in [1.54, 1.807) is 33.4 Å². The molecule has 0 fully saturated rings. The zero-order valence-electron chi connectivity index (χ0n) is 26.4. The number of halogens is 2. The van der Waals surface area contributed by atoms with Crippen molar-refractivity contribution in [3.05, 3.63) is 165 Å². The van der Waals surface area contributed by atoms with Gasteiger partial charge in [-0.25, -0.2) is 0 Å². The van der Waals surface area contributed by atoms with E-state index in [0.29, 0.717) is 19.1 Å². The normalized spacial score (nSPS) is 22.8. The summed E-state index contributed by atoms with van der Waals surface area (Å²) in [4.78, 5) is 2.94. The Bertz CT molecular complexity index is 1930. The van der Waals surface area contributed by atoms with Crippen molar-refractivity contribution in [3.8, 4) is 0 Å². The van der Waals surface area contributed by atoms with Crippen molar-refractivity contribution in [1.82, 2.24) is 0 Å². The molecule has 0 amide bonds. The van der Waals surface area contributed by atoms with Gasteiger partial charge in [-0.15, -0.1) is 0 Å². The molecule has 2 aromatic heterocycles. The molecule has 0 bridgehead atoms. The van der Waals surface area contributed by atoms with Crippen molar-refractivity contribution in [3.63, 3.8) is 0 Å². The van der Waals surface area contributed by atoms with Gasteiger partial charge in [-0.1, -0.05) is 0 Å². The molecule has 0 N–H and O–H groups in total. The molecule has 4 aromatic rings. The number of benzene rings is 2. The van der Waals surface area contributed by atoms with Crippen LogP contribution in [0.1, 0.15) is 35.4 Å². The average Bonchev–Trinajstić information content (AvgIpc) is 3.72. The number of hydrogen-bond acceptors (Lipinski definition) is 2. The molecule has 4 unspecified atom stereocenters. The molecule has 0 saturated heterocycles. The summed E-state index contributed by atoms with van der Waals surface area (Å²) in [6.07, 6.45) is 24.4. The summed E-state index contributed by atoms with van der Waals surface area (Å²) >= 11 is 1.78. The van der Waals surface area contributed by atoms with Crippen molar-refractivity contribution in [2.45, 2.75) is 46.0 Å². The van der Waals surface area contributed by atoms with Crippen LogP contribution in [0.3, 0.4) is 0 Å². The molecule has 6 heteroatoms. The number of rotatable bonds is 4. The van der Waals surface area contributed by atoms with Crippen molar-refractivity contribution in [1.29, 1.82) is 0 Å². The van der Waals surface area contributed by atoms with Gasteiger partial charge in [-0.3, -0.25) is 0 Å². The number of thiophene rings is 2. The zero-order chi connectivity index (χ0) is 29.9. The van der Waals surface area contributed by atoms with Crippen molar-refractivity contribution < 1.29 is 45.2 Å². The van der Waals surface area contributed by atoms with Crippen LogP contribution in [0.15, 0.2) is 155 Å². The molecule has 0 aliphatic heterocycles. The van der Waals surface area contributed by atoms with Crippen LogP contribution < -0.4 is 24.8 Å². The summed E-state index contributed by atoms with van der Waals surface area (Å²) in [7, 11) is 0. The minimum Gasteiger partial charge on any atom is -1.00 e. The van der Waals surface area contributed by atoms with Gasteiger partial charge in [0.15, 0.2) is 0 Å². The van der Waals surface area contributed by atoms with Gasteiger partial charge in [0.05, 0.1) is 0 Å². The Morgan fingerprint density at radius 3 is 1.43 bits per heavy atom. The molecule has 2 aromatic carbocycles. The maximum atomic E-state index is 2.64. The van der Waals surface area contributed by atoms with Gasteiger partial charge in [0.1, 0.15) is 0 Å². The largest absolute Gasteiger partial charge is 1.00 e. The van der Waals surface area contributed by atoms with Gasteiger partial charge in [-0.05, 0) is 0 Å². The van der Waals surface area contributed by atoms with Crippen LogP contribution in [0.5, 0.6) is 0 Å². The molecule has 0 radical (unpaired) electrons. The number of hydrogen-bond donors (Lipinski definition) is 0. The minimum atomic E-state index is -2.16. The van der Waals surface area contributed by atoms with Crippen LogP contribution >= 0.6 is 22.7 Å². The molecule has 0 nitrogen and oxygen atoms in total. The van der Waals surface area contributed by atoms with Crippen molar-refractivity contribution in [2.24, 2.45) is 0 Å². The van der Waals surface area contributed by atoms with E-state index in [1.807, 2.05) is 22.7 Å². The second kappa shape index (κ2) is 13.8. The van der Waals surface area contributed by atoms with Crippen LogP contribution in [-0.2, 0) is 20.4 Å². The summed E-state index contributed by atoms with van der Waals surface area (Å²) in [5.41, 5.74) is 9.14. The molecule has 4 aliphatic carbocycles. The third-order valence-corrected chi connectivity index (χ3v) is 32.0. The topological polar surface area (TPSA) is 0 Å². The summed E-state index contributed by atoms with van der Waals surface area (Å²) in [5, 5.41) is 2.74. The second-order valence-electron chi connectivity index (χ2n) is 12.7. The molecule has 0 spiro atoms. The van der Waals surface area contributed by atoms with E-state index in [2.05, 4.69) is 148 Å². The zero-order valence-corrected chi connectivity index (χ0v) is 33.0. The average molecular weight is 771 g/mol. The Morgan fingerprint density at radius 1 is 0.587 bits per heavy atom. The smallest absolute Gasteiger partial charge is 1.00 e. The van der Waals surface area contributed by atoms with E-state index in [0.717, 1.165) is 0 Å². The molecular formula is C40H36Cl2S2SiZr. The van der Waals surface area contributed by atoms with E-state index in [4.69, 9.17) is 0 Å². The van der Waals surface area contributed by atoms with Gasteiger partial charge < -0.3 is 24.8 Å². The summed E-state index contributed by atoms with van der Waals surface area (Å²) < 4.78 is 4.05. The SMILES string of the molecule is CC1=CC2=C(C=CC=CC2c2cc3ccccc3s2)[CH]1[Zr+2]([CH]1C(C)=CC2=C1C=CC=CC2c1cc2ccccc2s1)=[Si](C)C.[Cl-].[Cl-]. The second-order valence-corrected chi connectivity index (χ2v) is 32.8. The van der Waals surface area contributed by atoms with E-state index < -0.39 is 25.8 Å². The molecule has 4 aliphatic rings. The van der Waals surface area contributed by atoms with E-state index in [1.165, 1.54) is 29.9 Å². The van der Waals surface area contributed by atoms with Crippen LogP contribution in [0.25, 0.3) is 20.2 Å². The maximum absolute atomic E-state index is 2.64. The Morgan fingerprint density at radius 2 is 1.02 bits per heavy atom. The van der Waals surface area contributed by atoms with Crippen LogP contribution in [-0.4, -0.2) is 5.43 Å². The first-order valence-electron chi connectivity index (χ1n) is 15.7. The van der Waals surface area contributed by atoms with E-state index >= 15 is 0 Å². The fraction of sp³-hybridized carbons (Fsp3) is 0.200. The first kappa shape index (κ1) is 33.8. The first-order valence-corrected chi connectivity index (χ1v) is 26.3. The molecular weight excluding hydrogens is 735 g/mol. The van der Waals surface area contributed by atoms with Gasteiger partial charge in [0.25, 0.3) is 0 Å². The van der Waals surface area contributed by atoms with Crippen LogP contribution in [0, 0.1) is 0 Å². The molecule has 2 heterocycles. The molecule has 8 rings (SSSR count). The standard InChI is InChI=1S/2C19H15S.C2H6Si.2ClH.Zr/c2*1-13-10-14-6-2-4-8-16(17(14)11-13)19-12-15-7-3-5-9-18(15)20-19;1-3-2;;;/h2*2-12,16H,1H3;1-2H3;2*1H;/q;;;;;+2/p-2. The third kappa shape index (κ3) is 5.82. The molecule has 4 atom stereocenters. The Kier molecular flexibility index (Phi) is 10.2. The maximum Gasteiger partial charge on any atom is -1.00 e. The monoisotopic (exact) mass is 768 g/mol. The van der Waals surface area contributed by atoms with Gasteiger partial charge in [0, 0.05) is 0 Å². The third-order valence-electron chi connectivity index (χ3n) is 9.72. The Labute approximate surface area is 301 Å². The summed E-state index contributed by atoms with van der Waals surface area (Å²) in [6, 6.07) is 22.6. The first-order chi connectivity index (χ1) is 21.5. The summed E-state index contributed by atoms with van der Waals surface area (Å²) in [5.74, 6) is 0.668. The predicted molar refractivity (Wildman–Crippen MR) is 192 cm³/mol. The number of fused-ring (bicyclic) bond motifs is 2. The van der Waals surface area contributed by atoms with Crippen molar-refractivity contribution >= 4 is 48.3 Å². The molecule has 230 valence electrons. The fourth-order valence-electron chi connectivity index (χ4n) is 7.82. The quantitative estimate of drug-likeness (QED) is 0.217. The fourth-order valence-corrected chi connectivity index (χ4v) is 30.9. The van der Waals surface area contributed by atoms with E-state index in [9.17, 15) is 0 Å².